The van der Waals surface area contributed by atoms with E-state index in [1.165, 1.54) is 0 Å². The Morgan fingerprint density at radius 1 is 1.21 bits per heavy atom. The molecule has 4 heterocycles. The van der Waals surface area contributed by atoms with Crippen molar-refractivity contribution in [3.05, 3.63) is 64.9 Å². The first-order chi connectivity index (χ1) is 15.9. The predicted molar refractivity (Wildman–Crippen MR) is 121 cm³/mol. The highest BCUT2D eigenvalue weighted by Gasteiger charge is 2.31. The average molecular weight is 450 g/mol. The van der Waals surface area contributed by atoms with Gasteiger partial charge in [0.05, 0.1) is 30.2 Å². The lowest BCUT2D eigenvalue weighted by Gasteiger charge is -2.33. The zero-order chi connectivity index (χ0) is 23.5. The van der Waals surface area contributed by atoms with Gasteiger partial charge in [-0.1, -0.05) is 25.1 Å². The third-order valence-corrected chi connectivity index (χ3v) is 5.62. The summed E-state index contributed by atoms with van der Waals surface area (Å²) in [5.74, 6) is 0.266. The number of hydrogen-bond acceptors (Lipinski definition) is 7. The Kier molecular flexibility index (Phi) is 6.50. The SMILES string of the molecule is CNC(=O)c1ccc(-c2cccc(C3CN(C(=O)c4c(C(C)C)noc4C)CCO3)n2)cn1. The number of pyridine rings is 2. The number of hydrogen-bond donors (Lipinski definition) is 1. The van der Waals surface area contributed by atoms with Gasteiger partial charge >= 0.3 is 0 Å². The molecule has 0 saturated carbocycles. The van der Waals surface area contributed by atoms with E-state index in [9.17, 15) is 9.59 Å². The molecule has 9 heteroatoms. The molecule has 0 radical (unpaired) electrons. The monoisotopic (exact) mass is 449 g/mol. The largest absolute Gasteiger partial charge is 0.368 e. The molecule has 2 amide bonds. The molecule has 4 rings (SSSR count). The summed E-state index contributed by atoms with van der Waals surface area (Å²) in [5, 5.41) is 6.63. The molecule has 1 N–H and O–H groups in total. The molecule has 3 aromatic rings. The van der Waals surface area contributed by atoms with Crippen molar-refractivity contribution in [2.24, 2.45) is 0 Å². The van der Waals surface area contributed by atoms with Gasteiger partial charge in [0.1, 0.15) is 23.1 Å². The molecule has 1 saturated heterocycles. The van der Waals surface area contributed by atoms with E-state index in [0.717, 1.165) is 11.3 Å². The molecule has 9 nitrogen and oxygen atoms in total. The van der Waals surface area contributed by atoms with Gasteiger partial charge in [0.15, 0.2) is 0 Å². The fourth-order valence-corrected chi connectivity index (χ4v) is 3.81. The summed E-state index contributed by atoms with van der Waals surface area (Å²) < 4.78 is 11.3. The summed E-state index contributed by atoms with van der Waals surface area (Å²) >= 11 is 0. The molecule has 0 aromatic carbocycles. The number of rotatable bonds is 5. The first-order valence-electron chi connectivity index (χ1n) is 10.9. The van der Waals surface area contributed by atoms with E-state index in [4.69, 9.17) is 14.2 Å². The van der Waals surface area contributed by atoms with E-state index in [-0.39, 0.29) is 23.8 Å². The first-order valence-corrected chi connectivity index (χ1v) is 10.9. The molecule has 1 atom stereocenters. The van der Waals surface area contributed by atoms with E-state index in [1.54, 1.807) is 31.1 Å². The van der Waals surface area contributed by atoms with Crippen molar-refractivity contribution < 1.29 is 18.8 Å². The van der Waals surface area contributed by atoms with Crippen molar-refractivity contribution >= 4 is 11.8 Å². The van der Waals surface area contributed by atoms with Crippen LogP contribution in [0.1, 0.15) is 63.9 Å². The third-order valence-electron chi connectivity index (χ3n) is 5.62. The van der Waals surface area contributed by atoms with Crippen LogP contribution in [0.2, 0.25) is 0 Å². The van der Waals surface area contributed by atoms with Gasteiger partial charge in [0.25, 0.3) is 11.8 Å². The smallest absolute Gasteiger partial charge is 0.269 e. The van der Waals surface area contributed by atoms with Crippen LogP contribution < -0.4 is 5.32 Å². The highest BCUT2D eigenvalue weighted by Crippen LogP contribution is 2.28. The second-order valence-corrected chi connectivity index (χ2v) is 8.22. The van der Waals surface area contributed by atoms with Crippen molar-refractivity contribution in [1.29, 1.82) is 0 Å². The Morgan fingerprint density at radius 3 is 2.73 bits per heavy atom. The molecule has 3 aromatic heterocycles. The summed E-state index contributed by atoms with van der Waals surface area (Å²) in [6, 6.07) is 9.13. The number of amides is 2. The van der Waals surface area contributed by atoms with E-state index < -0.39 is 0 Å². The minimum atomic E-state index is -0.358. The van der Waals surface area contributed by atoms with Crippen molar-refractivity contribution in [3.63, 3.8) is 0 Å². The zero-order valence-electron chi connectivity index (χ0n) is 19.2. The van der Waals surface area contributed by atoms with Gasteiger partial charge in [-0.2, -0.15) is 0 Å². The fraction of sp³-hybridized carbons (Fsp3) is 0.375. The molecule has 33 heavy (non-hydrogen) atoms. The van der Waals surface area contributed by atoms with Crippen molar-refractivity contribution in [2.45, 2.75) is 32.8 Å². The molecule has 0 aliphatic carbocycles. The van der Waals surface area contributed by atoms with Gasteiger partial charge < -0.3 is 19.5 Å². The quantitative estimate of drug-likeness (QED) is 0.637. The Balaban J connectivity index is 1.54. The molecular weight excluding hydrogens is 422 g/mol. The van der Waals surface area contributed by atoms with Crippen LogP contribution in [-0.4, -0.2) is 58.6 Å². The topological polar surface area (TPSA) is 110 Å². The standard InChI is InChI=1S/C24H27N5O4/c1-14(2)22-21(15(3)33-28-22)24(31)29-10-11-32-20(13-29)18-7-5-6-17(27-18)16-8-9-19(26-12-16)23(30)25-4/h5-9,12,14,20H,10-11,13H2,1-4H3,(H,25,30). The van der Waals surface area contributed by atoms with Gasteiger partial charge in [-0.25, -0.2) is 4.98 Å². The van der Waals surface area contributed by atoms with Gasteiger partial charge in [0.2, 0.25) is 0 Å². The number of nitrogens with zero attached hydrogens (tertiary/aromatic N) is 4. The van der Waals surface area contributed by atoms with Crippen molar-refractivity contribution in [3.8, 4) is 11.3 Å². The maximum Gasteiger partial charge on any atom is 0.269 e. The minimum absolute atomic E-state index is 0.0833. The van der Waals surface area contributed by atoms with E-state index >= 15 is 0 Å². The maximum atomic E-state index is 13.3. The second kappa shape index (κ2) is 9.50. The number of ether oxygens (including phenoxy) is 1. The average Bonchev–Trinajstić information content (AvgIpc) is 3.25. The molecule has 1 unspecified atom stereocenters. The number of nitrogens with one attached hydrogen (secondary N) is 1. The van der Waals surface area contributed by atoms with Crippen molar-refractivity contribution in [2.75, 3.05) is 26.7 Å². The third kappa shape index (κ3) is 4.63. The summed E-state index contributed by atoms with van der Waals surface area (Å²) in [7, 11) is 1.56. The molecule has 1 aliphatic rings. The van der Waals surface area contributed by atoms with Crippen LogP contribution in [0.4, 0.5) is 0 Å². The normalized spacial score (nSPS) is 16.2. The van der Waals surface area contributed by atoms with Gasteiger partial charge in [-0.05, 0) is 37.1 Å². The molecular formula is C24H27N5O4. The van der Waals surface area contributed by atoms with Crippen LogP contribution >= 0.6 is 0 Å². The lowest BCUT2D eigenvalue weighted by molar-refractivity contribution is -0.0247. The second-order valence-electron chi connectivity index (χ2n) is 8.22. The maximum absolute atomic E-state index is 13.3. The molecule has 172 valence electrons. The highest BCUT2D eigenvalue weighted by molar-refractivity contribution is 5.96. The Hall–Kier alpha value is -3.59. The van der Waals surface area contributed by atoms with Crippen LogP contribution in [0.15, 0.2) is 41.1 Å². The predicted octanol–water partition coefficient (Wildman–Crippen LogP) is 3.14. The van der Waals surface area contributed by atoms with Gasteiger partial charge in [0, 0.05) is 25.4 Å². The number of carbonyl (C=O) groups is 2. The van der Waals surface area contributed by atoms with Crippen LogP contribution in [0.3, 0.4) is 0 Å². The molecule has 0 spiro atoms. The van der Waals surface area contributed by atoms with Gasteiger partial charge in [-0.3, -0.25) is 14.6 Å². The summed E-state index contributed by atoms with van der Waals surface area (Å²) in [4.78, 5) is 35.7. The Bertz CT molecular complexity index is 1160. The van der Waals surface area contributed by atoms with E-state index in [0.29, 0.717) is 48.1 Å². The van der Waals surface area contributed by atoms with Crippen LogP contribution in [0, 0.1) is 6.92 Å². The number of aryl methyl sites for hydroxylation is 1. The molecule has 1 aliphatic heterocycles. The summed E-state index contributed by atoms with van der Waals surface area (Å²) in [5.41, 5.74) is 3.78. The highest BCUT2D eigenvalue weighted by atomic mass is 16.5. The minimum Gasteiger partial charge on any atom is -0.368 e. The molecule has 1 fully saturated rings. The summed E-state index contributed by atoms with van der Waals surface area (Å²) in [6.45, 7) is 7.02. The lowest BCUT2D eigenvalue weighted by atomic mass is 10.0. The number of aromatic nitrogens is 3. The first kappa shape index (κ1) is 22.6. The lowest BCUT2D eigenvalue weighted by Crippen LogP contribution is -2.42. The zero-order valence-corrected chi connectivity index (χ0v) is 19.2. The van der Waals surface area contributed by atoms with Crippen LogP contribution in [0.5, 0.6) is 0 Å². The fourth-order valence-electron chi connectivity index (χ4n) is 3.81. The molecule has 0 bridgehead atoms. The van der Waals surface area contributed by atoms with Crippen LogP contribution in [-0.2, 0) is 4.74 Å². The summed E-state index contributed by atoms with van der Waals surface area (Å²) in [6.07, 6.45) is 1.26. The Labute approximate surface area is 192 Å². The van der Waals surface area contributed by atoms with Crippen molar-refractivity contribution in [1.82, 2.24) is 25.3 Å². The van der Waals surface area contributed by atoms with Crippen LogP contribution in [0.25, 0.3) is 11.3 Å². The number of morpholine rings is 1. The van der Waals surface area contributed by atoms with E-state index in [1.807, 2.05) is 38.1 Å². The van der Waals surface area contributed by atoms with Gasteiger partial charge in [-0.15, -0.1) is 0 Å². The number of carbonyl (C=O) groups excluding carboxylic acids is 2. The van der Waals surface area contributed by atoms with E-state index in [2.05, 4.69) is 15.5 Å². The Morgan fingerprint density at radius 2 is 2.03 bits per heavy atom.